The van der Waals surface area contributed by atoms with Crippen LogP contribution in [0, 0.1) is 30.3 Å². The van der Waals surface area contributed by atoms with Gasteiger partial charge in [0.25, 0.3) is 5.79 Å². The Bertz CT molecular complexity index is 1220. The number of fused-ring (bicyclic) bond motifs is 1. The Morgan fingerprint density at radius 2 is 1.83 bits per heavy atom. The Kier molecular flexibility index (Phi) is 6.55. The fourth-order valence-electron chi connectivity index (χ4n) is 6.44. The maximum absolute atomic E-state index is 13.8. The van der Waals surface area contributed by atoms with Gasteiger partial charge in [-0.15, -0.1) is 0 Å². The van der Waals surface area contributed by atoms with Gasteiger partial charge < -0.3 is 14.2 Å². The average molecular weight is 756 g/mol. The summed E-state index contributed by atoms with van der Waals surface area (Å²) >= 11 is 4.22. The lowest BCUT2D eigenvalue weighted by Crippen LogP contribution is -2.67. The molecule has 198 valence electrons. The molecule has 1 aromatic rings. The number of alkyl halides is 3. The molecule has 0 saturated heterocycles. The fourth-order valence-corrected chi connectivity index (χ4v) is 8.84. The number of rotatable bonds is 6. The largest absolute Gasteiger partial charge is 0.465 e. The van der Waals surface area contributed by atoms with E-state index in [1.165, 1.54) is 0 Å². The van der Waals surface area contributed by atoms with E-state index in [2.05, 4.69) is 45.2 Å². The van der Waals surface area contributed by atoms with Gasteiger partial charge in [-0.05, 0) is 95.3 Å². The standard InChI is InChI=1S/C22H21F3I2O8S/c23-16(22(24,25)36(30,31)32)1-2-33-19(29)20-7-10-3-11(8-20)21(12(4-10)9-20)34-17-14(18(28)35-21)5-13(26)6-15(17)27/h5-6,10-12,16H,1-4,7-9H2,(H,30,31,32). The summed E-state index contributed by atoms with van der Waals surface area (Å²) in [5.74, 6) is -2.33. The minimum atomic E-state index is -5.94. The first kappa shape index (κ1) is 26.7. The molecule has 5 aliphatic rings. The van der Waals surface area contributed by atoms with Crippen LogP contribution < -0.4 is 4.74 Å². The summed E-state index contributed by atoms with van der Waals surface area (Å²) in [5, 5.41) is -5.00. The van der Waals surface area contributed by atoms with E-state index in [4.69, 9.17) is 18.8 Å². The predicted molar refractivity (Wildman–Crippen MR) is 134 cm³/mol. The van der Waals surface area contributed by atoms with Crippen LogP contribution in [0.3, 0.4) is 0 Å². The van der Waals surface area contributed by atoms with Crippen molar-refractivity contribution in [1.82, 2.24) is 0 Å². The third kappa shape index (κ3) is 4.12. The molecule has 4 saturated carbocycles. The zero-order valence-corrected chi connectivity index (χ0v) is 23.6. The Labute approximate surface area is 232 Å². The Morgan fingerprint density at radius 1 is 1.19 bits per heavy atom. The van der Waals surface area contributed by atoms with Gasteiger partial charge in [-0.3, -0.25) is 9.35 Å². The number of esters is 2. The number of benzene rings is 1. The summed E-state index contributed by atoms with van der Waals surface area (Å²) < 4.78 is 89.8. The van der Waals surface area contributed by atoms with E-state index in [1.54, 1.807) is 6.07 Å². The van der Waals surface area contributed by atoms with E-state index in [9.17, 15) is 31.2 Å². The van der Waals surface area contributed by atoms with Crippen LogP contribution in [0.4, 0.5) is 13.2 Å². The van der Waals surface area contributed by atoms with Crippen molar-refractivity contribution < 1.29 is 49.9 Å². The second-order valence-electron chi connectivity index (χ2n) is 10.0. The molecule has 14 heteroatoms. The summed E-state index contributed by atoms with van der Waals surface area (Å²) in [5.41, 5.74) is -0.601. The molecule has 0 amide bonds. The van der Waals surface area contributed by atoms with Crippen molar-refractivity contribution in [3.8, 4) is 5.75 Å². The van der Waals surface area contributed by atoms with Gasteiger partial charge in [0.1, 0.15) is 5.56 Å². The lowest BCUT2D eigenvalue weighted by atomic mass is 9.47. The van der Waals surface area contributed by atoms with Gasteiger partial charge in [0.15, 0.2) is 11.9 Å². The van der Waals surface area contributed by atoms with Gasteiger partial charge in [0, 0.05) is 21.8 Å². The summed E-state index contributed by atoms with van der Waals surface area (Å²) in [4.78, 5) is 26.1. The highest BCUT2D eigenvalue weighted by atomic mass is 127. The normalized spacial score (nSPS) is 33.6. The molecule has 3 unspecified atom stereocenters. The van der Waals surface area contributed by atoms with Crippen molar-refractivity contribution in [1.29, 1.82) is 0 Å². The molecule has 3 atom stereocenters. The van der Waals surface area contributed by atoms with Crippen molar-refractivity contribution in [2.45, 2.75) is 55.7 Å². The third-order valence-electron chi connectivity index (χ3n) is 7.82. The van der Waals surface area contributed by atoms with E-state index >= 15 is 0 Å². The van der Waals surface area contributed by atoms with Crippen molar-refractivity contribution in [3.05, 3.63) is 24.8 Å². The first-order valence-corrected chi connectivity index (χ1v) is 14.9. The van der Waals surface area contributed by atoms with Gasteiger partial charge in [0.2, 0.25) is 0 Å². The quantitative estimate of drug-likeness (QED) is 0.252. The second-order valence-corrected chi connectivity index (χ2v) is 13.9. The molecule has 4 fully saturated rings. The zero-order valence-electron chi connectivity index (χ0n) is 18.5. The molecule has 1 aromatic carbocycles. The molecule has 0 radical (unpaired) electrons. The molecule has 4 aliphatic carbocycles. The molecule has 6 rings (SSSR count). The van der Waals surface area contributed by atoms with E-state index in [1.807, 2.05) is 6.07 Å². The number of hydrogen-bond donors (Lipinski definition) is 1. The van der Waals surface area contributed by atoms with Crippen LogP contribution in [-0.2, 0) is 24.4 Å². The highest BCUT2D eigenvalue weighted by molar-refractivity contribution is 14.1. The van der Waals surface area contributed by atoms with Crippen molar-refractivity contribution in [2.24, 2.45) is 23.2 Å². The highest BCUT2D eigenvalue weighted by Gasteiger charge is 2.69. The third-order valence-corrected chi connectivity index (χ3v) is 10.2. The van der Waals surface area contributed by atoms with Crippen LogP contribution in [0.2, 0.25) is 0 Å². The molecule has 0 aromatic heterocycles. The van der Waals surface area contributed by atoms with Crippen molar-refractivity contribution >= 4 is 67.2 Å². The minimum absolute atomic E-state index is 0.151. The van der Waals surface area contributed by atoms with Crippen LogP contribution in [0.25, 0.3) is 0 Å². The van der Waals surface area contributed by atoms with Gasteiger partial charge in [-0.25, -0.2) is 9.18 Å². The number of ether oxygens (including phenoxy) is 3. The van der Waals surface area contributed by atoms with E-state index in [0.717, 1.165) is 7.14 Å². The number of hydrogen-bond acceptors (Lipinski definition) is 7. The monoisotopic (exact) mass is 756 g/mol. The van der Waals surface area contributed by atoms with Crippen LogP contribution in [0.15, 0.2) is 12.1 Å². The summed E-state index contributed by atoms with van der Waals surface area (Å²) in [6, 6.07) is 3.59. The van der Waals surface area contributed by atoms with E-state index < -0.39 is 57.7 Å². The van der Waals surface area contributed by atoms with Crippen molar-refractivity contribution in [3.63, 3.8) is 0 Å². The maximum atomic E-state index is 13.8. The first-order valence-electron chi connectivity index (χ1n) is 11.3. The van der Waals surface area contributed by atoms with Gasteiger partial charge in [-0.2, -0.15) is 17.2 Å². The van der Waals surface area contributed by atoms with Crippen LogP contribution in [0.1, 0.15) is 48.9 Å². The Balaban J connectivity index is 1.32. The predicted octanol–water partition coefficient (Wildman–Crippen LogP) is 4.72. The van der Waals surface area contributed by atoms with Gasteiger partial charge in [0.05, 0.1) is 15.6 Å². The first-order chi connectivity index (χ1) is 16.7. The Morgan fingerprint density at radius 3 is 2.44 bits per heavy atom. The van der Waals surface area contributed by atoms with Crippen LogP contribution in [-0.4, -0.2) is 48.7 Å². The SMILES string of the molecule is O=C1OC2(Oc3c(I)cc(I)cc31)C1CC3CC2CC(C(=O)OCCC(F)C(F)(F)S(=O)(=O)O)(C3)C1. The van der Waals surface area contributed by atoms with Gasteiger partial charge >= 0.3 is 27.3 Å². The average Bonchev–Trinajstić information content (AvgIpc) is 2.77. The number of halogens is 5. The zero-order chi connectivity index (χ0) is 26.3. The molecular weight excluding hydrogens is 735 g/mol. The molecule has 1 N–H and O–H groups in total. The fraction of sp³-hybridized carbons (Fsp3) is 0.636. The lowest BCUT2D eigenvalue weighted by molar-refractivity contribution is -0.294. The van der Waals surface area contributed by atoms with Crippen LogP contribution >= 0.6 is 45.2 Å². The smallest absolute Gasteiger partial charge is 0.400 e. The summed E-state index contributed by atoms with van der Waals surface area (Å²) in [6.07, 6.45) is -1.87. The molecule has 8 nitrogen and oxygen atoms in total. The molecule has 4 bridgehead atoms. The molecule has 1 heterocycles. The van der Waals surface area contributed by atoms with Crippen LogP contribution in [0.5, 0.6) is 5.75 Å². The molecule has 1 aliphatic heterocycles. The lowest BCUT2D eigenvalue weighted by Gasteiger charge is -2.62. The molecular formula is C22H21F3I2O8S. The Hall–Kier alpha value is -0.880. The highest BCUT2D eigenvalue weighted by Crippen LogP contribution is 2.66. The second kappa shape index (κ2) is 8.83. The van der Waals surface area contributed by atoms with E-state index in [0.29, 0.717) is 43.4 Å². The van der Waals surface area contributed by atoms with Gasteiger partial charge in [-0.1, -0.05) is 0 Å². The topological polar surface area (TPSA) is 116 Å². The number of carbonyl (C=O) groups is 2. The molecule has 36 heavy (non-hydrogen) atoms. The van der Waals surface area contributed by atoms with Crippen molar-refractivity contribution in [2.75, 3.05) is 6.61 Å². The van der Waals surface area contributed by atoms with E-state index in [-0.39, 0.29) is 17.8 Å². The summed E-state index contributed by atoms with van der Waals surface area (Å²) in [7, 11) is -5.94. The molecule has 1 spiro atoms. The number of carbonyl (C=O) groups excluding carboxylic acids is 2. The summed E-state index contributed by atoms with van der Waals surface area (Å²) in [6.45, 7) is -0.770. The maximum Gasteiger partial charge on any atom is 0.400 e. The minimum Gasteiger partial charge on any atom is -0.465 e.